The van der Waals surface area contributed by atoms with Crippen LogP contribution in [0.4, 0.5) is 14.5 Å². The van der Waals surface area contributed by atoms with Gasteiger partial charge < -0.3 is 10.6 Å². The lowest BCUT2D eigenvalue weighted by Crippen LogP contribution is -2.35. The van der Waals surface area contributed by atoms with Crippen molar-refractivity contribution in [3.05, 3.63) is 23.8 Å². The molecule has 0 aromatic heterocycles. The van der Waals surface area contributed by atoms with Crippen LogP contribution in [0, 0.1) is 11.6 Å². The fraction of sp³-hybridized carbons (Fsp3) is 0.500. The zero-order chi connectivity index (χ0) is 15.5. The number of rotatable bonds is 6. The molecule has 0 heterocycles. The highest BCUT2D eigenvalue weighted by molar-refractivity contribution is 7.89. The van der Waals surface area contributed by atoms with Gasteiger partial charge in [-0.05, 0) is 46.1 Å². The molecule has 0 bridgehead atoms. The molecule has 0 saturated carbocycles. The molecule has 8 heteroatoms. The second-order valence-electron chi connectivity index (χ2n) is 4.93. The summed E-state index contributed by atoms with van der Waals surface area (Å²) in [4.78, 5) is 1.12. The van der Waals surface area contributed by atoms with Gasteiger partial charge in [0.2, 0.25) is 10.0 Å². The van der Waals surface area contributed by atoms with Crippen LogP contribution in [-0.4, -0.2) is 40.0 Å². The maximum absolute atomic E-state index is 13.6. The fourth-order valence-corrected chi connectivity index (χ4v) is 3.02. The Balaban J connectivity index is 2.94. The second-order valence-corrected chi connectivity index (χ2v) is 6.61. The standard InChI is InChI=1S/C12H19F2N3O2S/c1-8(4-5-17(2)3)16-20(18,19)11-7-9(15)6-10(13)12(11)14/h6-8,16H,4-5,15H2,1-3H3. The van der Waals surface area contributed by atoms with Crippen molar-refractivity contribution in [2.24, 2.45) is 0 Å². The number of nitrogens with zero attached hydrogens (tertiary/aromatic N) is 1. The third-order valence-electron chi connectivity index (χ3n) is 2.67. The number of nitrogens with one attached hydrogen (secondary N) is 1. The van der Waals surface area contributed by atoms with Crippen molar-refractivity contribution in [1.29, 1.82) is 0 Å². The minimum Gasteiger partial charge on any atom is -0.399 e. The summed E-state index contributed by atoms with van der Waals surface area (Å²) in [6.45, 7) is 2.32. The molecule has 0 spiro atoms. The molecule has 0 aliphatic heterocycles. The van der Waals surface area contributed by atoms with Gasteiger partial charge in [0.05, 0.1) is 0 Å². The molecule has 0 amide bonds. The summed E-state index contributed by atoms with van der Waals surface area (Å²) in [6, 6.07) is 1.23. The molecule has 1 aromatic carbocycles. The summed E-state index contributed by atoms with van der Waals surface area (Å²) in [5.41, 5.74) is 5.20. The van der Waals surface area contributed by atoms with E-state index in [9.17, 15) is 17.2 Å². The van der Waals surface area contributed by atoms with Gasteiger partial charge in [-0.2, -0.15) is 0 Å². The van der Waals surface area contributed by atoms with E-state index in [0.717, 1.165) is 12.1 Å². The number of nitrogen functional groups attached to an aromatic ring is 1. The van der Waals surface area contributed by atoms with Crippen LogP contribution in [0.25, 0.3) is 0 Å². The van der Waals surface area contributed by atoms with E-state index in [2.05, 4.69) is 4.72 Å². The minimum atomic E-state index is -4.15. The highest BCUT2D eigenvalue weighted by Gasteiger charge is 2.24. The first-order valence-corrected chi connectivity index (χ1v) is 7.53. The molecule has 3 N–H and O–H groups in total. The van der Waals surface area contributed by atoms with E-state index in [1.165, 1.54) is 0 Å². The smallest absolute Gasteiger partial charge is 0.243 e. The maximum atomic E-state index is 13.6. The van der Waals surface area contributed by atoms with Crippen molar-refractivity contribution < 1.29 is 17.2 Å². The van der Waals surface area contributed by atoms with Gasteiger partial charge >= 0.3 is 0 Å². The summed E-state index contributed by atoms with van der Waals surface area (Å²) < 4.78 is 53.1. The fourth-order valence-electron chi connectivity index (χ4n) is 1.62. The quantitative estimate of drug-likeness (QED) is 0.774. The molecular formula is C12H19F2N3O2S. The van der Waals surface area contributed by atoms with Crippen LogP contribution in [0.1, 0.15) is 13.3 Å². The molecule has 1 aromatic rings. The van der Waals surface area contributed by atoms with Gasteiger partial charge in [0.15, 0.2) is 11.6 Å². The van der Waals surface area contributed by atoms with Crippen LogP contribution in [-0.2, 0) is 10.0 Å². The van der Waals surface area contributed by atoms with Crippen molar-refractivity contribution >= 4 is 15.7 Å². The summed E-state index contributed by atoms with van der Waals surface area (Å²) in [5, 5.41) is 0. The van der Waals surface area contributed by atoms with E-state index in [4.69, 9.17) is 5.73 Å². The average Bonchev–Trinajstić information content (AvgIpc) is 2.30. The van der Waals surface area contributed by atoms with Crippen LogP contribution in [0.2, 0.25) is 0 Å². The van der Waals surface area contributed by atoms with E-state index in [0.29, 0.717) is 13.0 Å². The number of benzene rings is 1. The number of hydrogen-bond acceptors (Lipinski definition) is 4. The first-order chi connectivity index (χ1) is 9.13. The number of anilines is 1. The molecule has 0 aliphatic rings. The lowest BCUT2D eigenvalue weighted by molar-refractivity contribution is 0.378. The van der Waals surface area contributed by atoms with Crippen LogP contribution in [0.5, 0.6) is 0 Å². The maximum Gasteiger partial charge on any atom is 0.243 e. The Kier molecular flexibility index (Phi) is 5.43. The number of hydrogen-bond donors (Lipinski definition) is 2. The zero-order valence-corrected chi connectivity index (χ0v) is 12.5. The number of sulfonamides is 1. The first-order valence-electron chi connectivity index (χ1n) is 6.05. The van der Waals surface area contributed by atoms with Crippen LogP contribution in [0.15, 0.2) is 17.0 Å². The summed E-state index contributed by atoms with van der Waals surface area (Å²) in [5.74, 6) is -2.71. The van der Waals surface area contributed by atoms with E-state index in [1.54, 1.807) is 6.92 Å². The summed E-state index contributed by atoms with van der Waals surface area (Å²) in [7, 11) is -0.436. The van der Waals surface area contributed by atoms with Crippen molar-refractivity contribution in [3.8, 4) is 0 Å². The Morgan fingerprint density at radius 3 is 2.50 bits per heavy atom. The summed E-state index contributed by atoms with van der Waals surface area (Å²) in [6.07, 6.45) is 0.540. The van der Waals surface area contributed by atoms with Crippen LogP contribution in [0.3, 0.4) is 0 Å². The lowest BCUT2D eigenvalue weighted by Gasteiger charge is -2.17. The highest BCUT2D eigenvalue weighted by Crippen LogP contribution is 2.21. The Morgan fingerprint density at radius 2 is 1.95 bits per heavy atom. The molecule has 1 unspecified atom stereocenters. The third-order valence-corrected chi connectivity index (χ3v) is 4.26. The summed E-state index contributed by atoms with van der Waals surface area (Å²) >= 11 is 0. The van der Waals surface area contributed by atoms with E-state index in [1.807, 2.05) is 19.0 Å². The lowest BCUT2D eigenvalue weighted by atomic mass is 10.2. The van der Waals surface area contributed by atoms with E-state index < -0.39 is 32.6 Å². The van der Waals surface area contributed by atoms with E-state index in [-0.39, 0.29) is 5.69 Å². The number of nitrogens with two attached hydrogens (primary N) is 1. The van der Waals surface area contributed by atoms with Gasteiger partial charge in [0, 0.05) is 11.7 Å². The van der Waals surface area contributed by atoms with Gasteiger partial charge in [0.25, 0.3) is 0 Å². The zero-order valence-electron chi connectivity index (χ0n) is 11.7. The Morgan fingerprint density at radius 1 is 1.35 bits per heavy atom. The Hall–Kier alpha value is -1.25. The Bertz CT molecular complexity index is 576. The first kappa shape index (κ1) is 16.8. The molecule has 0 saturated heterocycles. The van der Waals surface area contributed by atoms with Crippen molar-refractivity contribution in [1.82, 2.24) is 9.62 Å². The molecule has 1 rings (SSSR count). The SMILES string of the molecule is CC(CCN(C)C)NS(=O)(=O)c1cc(N)cc(F)c1F. The third kappa shape index (κ3) is 4.39. The molecule has 0 radical (unpaired) electrons. The topological polar surface area (TPSA) is 75.4 Å². The Labute approximate surface area is 117 Å². The van der Waals surface area contributed by atoms with Gasteiger partial charge in [-0.25, -0.2) is 21.9 Å². The molecule has 20 heavy (non-hydrogen) atoms. The molecule has 5 nitrogen and oxygen atoms in total. The molecule has 1 atom stereocenters. The molecule has 0 fully saturated rings. The predicted molar refractivity (Wildman–Crippen MR) is 73.7 cm³/mol. The van der Waals surface area contributed by atoms with Crippen molar-refractivity contribution in [2.45, 2.75) is 24.3 Å². The van der Waals surface area contributed by atoms with E-state index >= 15 is 0 Å². The largest absolute Gasteiger partial charge is 0.399 e. The normalized spacial score (nSPS) is 13.7. The van der Waals surface area contributed by atoms with Crippen LogP contribution < -0.4 is 10.5 Å². The van der Waals surface area contributed by atoms with Crippen molar-refractivity contribution in [3.63, 3.8) is 0 Å². The van der Waals surface area contributed by atoms with Gasteiger partial charge in [-0.3, -0.25) is 0 Å². The van der Waals surface area contributed by atoms with Crippen molar-refractivity contribution in [2.75, 3.05) is 26.4 Å². The average molecular weight is 307 g/mol. The molecule has 0 aliphatic carbocycles. The second kappa shape index (κ2) is 6.47. The monoisotopic (exact) mass is 307 g/mol. The molecular weight excluding hydrogens is 288 g/mol. The van der Waals surface area contributed by atoms with Gasteiger partial charge in [-0.1, -0.05) is 0 Å². The van der Waals surface area contributed by atoms with Gasteiger partial charge in [-0.15, -0.1) is 0 Å². The van der Waals surface area contributed by atoms with Crippen LogP contribution >= 0.6 is 0 Å². The highest BCUT2D eigenvalue weighted by atomic mass is 32.2. The minimum absolute atomic E-state index is 0.148. The molecule has 114 valence electrons. The number of halogens is 2. The predicted octanol–water partition coefficient (Wildman–Crippen LogP) is 1.17. The van der Waals surface area contributed by atoms with Gasteiger partial charge in [0.1, 0.15) is 4.90 Å².